The molecule has 1 aromatic rings. The number of ketones is 1. The van der Waals surface area contributed by atoms with Gasteiger partial charge in [-0.2, -0.15) is 0 Å². The maximum atomic E-state index is 13.6. The first-order valence-corrected chi connectivity index (χ1v) is 11.7. The van der Waals surface area contributed by atoms with Gasteiger partial charge in [-0.05, 0) is 30.2 Å². The van der Waals surface area contributed by atoms with Gasteiger partial charge in [-0.1, -0.05) is 58.0 Å². The number of imide groups is 1. The Kier molecular flexibility index (Phi) is 9.92. The SMILES string of the molecule is CC(C)[C@H](N)C(=O)N(C(=O)N1CCCC1CC(=O)OCc1ccccc1)[C@H](C(=O)C=N)C(C)C. The first-order valence-electron chi connectivity index (χ1n) is 11.7. The fourth-order valence-corrected chi connectivity index (χ4v) is 4.06. The number of carbonyl (C=O) groups is 4. The van der Waals surface area contributed by atoms with Crippen LogP contribution in [-0.2, 0) is 25.7 Å². The van der Waals surface area contributed by atoms with E-state index in [0.717, 1.165) is 10.5 Å². The quantitative estimate of drug-likeness (QED) is 0.397. The number of ether oxygens (including phenoxy) is 1. The fourth-order valence-electron chi connectivity index (χ4n) is 4.06. The summed E-state index contributed by atoms with van der Waals surface area (Å²) >= 11 is 0. The van der Waals surface area contributed by atoms with Crippen molar-refractivity contribution in [2.75, 3.05) is 6.54 Å². The topological polar surface area (TPSA) is 134 Å². The second-order valence-electron chi connectivity index (χ2n) is 9.34. The van der Waals surface area contributed by atoms with E-state index in [4.69, 9.17) is 15.9 Å². The van der Waals surface area contributed by atoms with Gasteiger partial charge >= 0.3 is 12.0 Å². The van der Waals surface area contributed by atoms with Gasteiger partial charge in [0.25, 0.3) is 0 Å². The molecule has 0 bridgehead atoms. The van der Waals surface area contributed by atoms with Crippen LogP contribution in [0.3, 0.4) is 0 Å². The lowest BCUT2D eigenvalue weighted by Gasteiger charge is -2.37. The van der Waals surface area contributed by atoms with Crippen LogP contribution < -0.4 is 5.73 Å². The number of nitrogens with two attached hydrogens (primary N) is 1. The minimum atomic E-state index is -1.14. The molecule has 0 radical (unpaired) electrons. The maximum absolute atomic E-state index is 13.6. The highest BCUT2D eigenvalue weighted by atomic mass is 16.5. The van der Waals surface area contributed by atoms with Crippen molar-refractivity contribution >= 4 is 29.9 Å². The van der Waals surface area contributed by atoms with Gasteiger partial charge < -0.3 is 20.8 Å². The Bertz CT molecular complexity index is 887. The Labute approximate surface area is 201 Å². The van der Waals surface area contributed by atoms with Crippen LogP contribution in [-0.4, -0.2) is 64.4 Å². The van der Waals surface area contributed by atoms with Crippen LogP contribution in [0.2, 0.25) is 0 Å². The van der Waals surface area contributed by atoms with E-state index in [9.17, 15) is 19.2 Å². The molecule has 3 N–H and O–H groups in total. The second-order valence-corrected chi connectivity index (χ2v) is 9.34. The molecular formula is C25H36N4O5. The van der Waals surface area contributed by atoms with Crippen molar-refractivity contribution < 1.29 is 23.9 Å². The number of benzene rings is 1. The largest absolute Gasteiger partial charge is 0.461 e. The summed E-state index contributed by atoms with van der Waals surface area (Å²) in [5.74, 6) is -2.43. The monoisotopic (exact) mass is 472 g/mol. The lowest BCUT2D eigenvalue weighted by Crippen LogP contribution is -2.61. The van der Waals surface area contributed by atoms with E-state index in [-0.39, 0.29) is 18.9 Å². The summed E-state index contributed by atoms with van der Waals surface area (Å²) in [5, 5.41) is 7.43. The van der Waals surface area contributed by atoms with Crippen LogP contribution in [0.25, 0.3) is 0 Å². The number of amides is 3. The molecule has 34 heavy (non-hydrogen) atoms. The minimum Gasteiger partial charge on any atom is -0.461 e. The predicted molar refractivity (Wildman–Crippen MR) is 128 cm³/mol. The van der Waals surface area contributed by atoms with Gasteiger partial charge in [0.1, 0.15) is 12.6 Å². The normalized spacial score (nSPS) is 17.4. The van der Waals surface area contributed by atoms with E-state index < -0.39 is 47.7 Å². The summed E-state index contributed by atoms with van der Waals surface area (Å²) in [6.45, 7) is 7.42. The molecule has 9 heteroatoms. The van der Waals surface area contributed by atoms with Gasteiger partial charge in [0.15, 0.2) is 5.78 Å². The van der Waals surface area contributed by atoms with Crippen molar-refractivity contribution in [2.45, 2.75) is 71.7 Å². The van der Waals surface area contributed by atoms with Gasteiger partial charge in [0.2, 0.25) is 5.91 Å². The Morgan fingerprint density at radius 1 is 1.15 bits per heavy atom. The number of esters is 1. The summed E-state index contributed by atoms with van der Waals surface area (Å²) in [6.07, 6.45) is 1.85. The summed E-state index contributed by atoms with van der Waals surface area (Å²) in [4.78, 5) is 54.4. The number of nitrogens with zero attached hydrogens (tertiary/aromatic N) is 2. The van der Waals surface area contributed by atoms with Gasteiger partial charge in [-0.25, -0.2) is 4.79 Å². The molecule has 1 heterocycles. The van der Waals surface area contributed by atoms with Gasteiger partial charge in [0, 0.05) is 12.6 Å². The van der Waals surface area contributed by atoms with Crippen LogP contribution in [0.5, 0.6) is 0 Å². The molecule has 1 fully saturated rings. The summed E-state index contributed by atoms with van der Waals surface area (Å²) in [6, 6.07) is 6.05. The number of carbonyl (C=O) groups excluding carboxylic acids is 4. The molecule has 9 nitrogen and oxygen atoms in total. The zero-order valence-corrected chi connectivity index (χ0v) is 20.4. The molecule has 0 saturated carbocycles. The number of Topliss-reactive ketones (excluding diaryl/α,β-unsaturated/α-hetero) is 1. The molecule has 2 rings (SSSR count). The number of rotatable bonds is 10. The third kappa shape index (κ3) is 6.72. The van der Waals surface area contributed by atoms with E-state index >= 15 is 0 Å². The molecule has 3 atom stereocenters. The Morgan fingerprint density at radius 2 is 1.79 bits per heavy atom. The smallest absolute Gasteiger partial charge is 0.327 e. The Hall–Kier alpha value is -3.07. The van der Waals surface area contributed by atoms with Crippen LogP contribution in [0.15, 0.2) is 30.3 Å². The van der Waals surface area contributed by atoms with Crippen molar-refractivity contribution in [2.24, 2.45) is 17.6 Å². The maximum Gasteiger partial charge on any atom is 0.327 e. The zero-order valence-electron chi connectivity index (χ0n) is 20.4. The third-order valence-electron chi connectivity index (χ3n) is 6.06. The predicted octanol–water partition coefficient (Wildman–Crippen LogP) is 2.76. The molecule has 1 aliphatic rings. The van der Waals surface area contributed by atoms with E-state index in [1.54, 1.807) is 27.7 Å². The zero-order chi connectivity index (χ0) is 25.4. The van der Waals surface area contributed by atoms with Crippen molar-refractivity contribution in [3.63, 3.8) is 0 Å². The van der Waals surface area contributed by atoms with E-state index in [2.05, 4.69) is 0 Å². The molecule has 186 valence electrons. The lowest BCUT2D eigenvalue weighted by molar-refractivity contribution is -0.146. The lowest BCUT2D eigenvalue weighted by atomic mass is 9.96. The molecule has 3 amide bonds. The summed E-state index contributed by atoms with van der Waals surface area (Å²) in [7, 11) is 0. The van der Waals surface area contributed by atoms with Crippen LogP contribution in [0, 0.1) is 17.2 Å². The highest BCUT2D eigenvalue weighted by molar-refractivity contribution is 6.30. The molecular weight excluding hydrogens is 436 g/mol. The second kappa shape index (κ2) is 12.4. The third-order valence-corrected chi connectivity index (χ3v) is 6.06. The number of likely N-dealkylation sites (tertiary alicyclic amines) is 1. The summed E-state index contributed by atoms with van der Waals surface area (Å²) < 4.78 is 5.38. The van der Waals surface area contributed by atoms with Crippen LogP contribution in [0.4, 0.5) is 4.79 Å². The van der Waals surface area contributed by atoms with Crippen molar-refractivity contribution in [3.05, 3.63) is 35.9 Å². The van der Waals surface area contributed by atoms with Crippen LogP contribution >= 0.6 is 0 Å². The van der Waals surface area contributed by atoms with Gasteiger partial charge in [-0.15, -0.1) is 0 Å². The van der Waals surface area contributed by atoms with Crippen molar-refractivity contribution in [1.82, 2.24) is 9.80 Å². The molecule has 0 spiro atoms. The average Bonchev–Trinajstić information content (AvgIpc) is 3.27. The number of hydrogen-bond acceptors (Lipinski definition) is 7. The molecule has 1 aliphatic heterocycles. The number of nitrogens with one attached hydrogen (secondary N) is 1. The Morgan fingerprint density at radius 3 is 2.35 bits per heavy atom. The first kappa shape index (κ1) is 27.2. The van der Waals surface area contributed by atoms with E-state index in [0.29, 0.717) is 25.6 Å². The van der Waals surface area contributed by atoms with Crippen molar-refractivity contribution in [1.29, 1.82) is 5.41 Å². The highest BCUT2D eigenvalue weighted by Gasteiger charge is 2.43. The number of urea groups is 1. The van der Waals surface area contributed by atoms with E-state index in [1.807, 2.05) is 30.3 Å². The molecule has 1 aromatic carbocycles. The van der Waals surface area contributed by atoms with Crippen LogP contribution in [0.1, 0.15) is 52.5 Å². The first-order chi connectivity index (χ1) is 16.1. The molecule has 1 unspecified atom stereocenters. The standard InChI is InChI=1S/C25H36N4O5/c1-16(2)22(27)24(32)29(23(17(3)4)20(30)14-26)25(33)28-12-8-11-19(28)13-21(31)34-15-18-9-6-5-7-10-18/h5-7,9-10,14,16-17,19,22-23,26H,8,11-13,15,27H2,1-4H3/t19?,22-,23-/m0/s1. The summed E-state index contributed by atoms with van der Waals surface area (Å²) in [5.41, 5.74) is 6.94. The van der Waals surface area contributed by atoms with Gasteiger partial charge in [0.05, 0.1) is 18.7 Å². The minimum absolute atomic E-state index is 0.0122. The highest BCUT2D eigenvalue weighted by Crippen LogP contribution is 2.25. The molecule has 1 saturated heterocycles. The van der Waals surface area contributed by atoms with E-state index in [1.165, 1.54) is 4.90 Å². The Balaban J connectivity index is 2.22. The average molecular weight is 473 g/mol. The number of hydrogen-bond donors (Lipinski definition) is 2. The fraction of sp³-hybridized carbons (Fsp3) is 0.560. The van der Waals surface area contributed by atoms with Gasteiger partial charge in [-0.3, -0.25) is 19.3 Å². The molecule has 0 aliphatic carbocycles. The molecule has 0 aromatic heterocycles. The van der Waals surface area contributed by atoms with Crippen molar-refractivity contribution in [3.8, 4) is 0 Å².